The first kappa shape index (κ1) is 13.1. The molecule has 0 saturated carbocycles. The summed E-state index contributed by atoms with van der Waals surface area (Å²) in [6.07, 6.45) is 2.37. The Bertz CT molecular complexity index is 413. The van der Waals surface area contributed by atoms with Crippen LogP contribution in [0.3, 0.4) is 0 Å². The number of furan rings is 1. The highest BCUT2D eigenvalue weighted by molar-refractivity contribution is 5.75. The highest BCUT2D eigenvalue weighted by atomic mass is 16.4. The summed E-state index contributed by atoms with van der Waals surface area (Å²) < 4.78 is 5.41. The Labute approximate surface area is 108 Å². The maximum Gasteiger partial charge on any atom is 0.311 e. The van der Waals surface area contributed by atoms with Crippen LogP contribution in [0.4, 0.5) is 0 Å². The largest absolute Gasteiger partial charge is 0.481 e. The lowest BCUT2D eigenvalue weighted by Gasteiger charge is -2.30. The van der Waals surface area contributed by atoms with Crippen molar-refractivity contribution >= 4 is 5.97 Å². The molecule has 1 aliphatic rings. The molecule has 0 spiro atoms. The predicted octanol–water partition coefficient (Wildman–Crippen LogP) is 2.77. The molecule has 0 aliphatic carbocycles. The Morgan fingerprint density at radius 2 is 2.22 bits per heavy atom. The van der Waals surface area contributed by atoms with Gasteiger partial charge in [0, 0.05) is 13.1 Å². The van der Waals surface area contributed by atoms with E-state index >= 15 is 0 Å². The second-order valence-electron chi connectivity index (χ2n) is 5.53. The van der Waals surface area contributed by atoms with Gasteiger partial charge in [-0.05, 0) is 31.4 Å². The average Bonchev–Trinajstić information content (AvgIpc) is 2.98. The summed E-state index contributed by atoms with van der Waals surface area (Å²) in [5, 5.41) is 9.51. The summed E-state index contributed by atoms with van der Waals surface area (Å²) in [7, 11) is 0. The molecule has 4 nitrogen and oxygen atoms in total. The van der Waals surface area contributed by atoms with Gasteiger partial charge in [-0.25, -0.2) is 0 Å². The van der Waals surface area contributed by atoms with Crippen molar-refractivity contribution in [2.45, 2.75) is 33.2 Å². The topological polar surface area (TPSA) is 53.7 Å². The molecule has 2 rings (SSSR count). The Morgan fingerprint density at radius 1 is 1.50 bits per heavy atom. The smallest absolute Gasteiger partial charge is 0.311 e. The normalized spacial score (nSPS) is 26.7. The maximum absolute atomic E-state index is 11.6. The number of likely N-dealkylation sites (tertiary alicyclic amines) is 1. The van der Waals surface area contributed by atoms with Crippen LogP contribution in [0.1, 0.15) is 39.0 Å². The molecule has 2 heterocycles. The van der Waals surface area contributed by atoms with Gasteiger partial charge in [-0.1, -0.05) is 13.8 Å². The van der Waals surface area contributed by atoms with Crippen LogP contribution >= 0.6 is 0 Å². The lowest BCUT2D eigenvalue weighted by Crippen LogP contribution is -2.39. The third-order valence-electron chi connectivity index (χ3n) is 4.36. The van der Waals surface area contributed by atoms with Gasteiger partial charge in [0.1, 0.15) is 5.76 Å². The first-order valence-electron chi connectivity index (χ1n) is 6.48. The SMILES string of the molecule is CC(c1ccco1)N1CCC(C(=O)O)(C(C)C)C1. The number of hydrogen-bond donors (Lipinski definition) is 1. The van der Waals surface area contributed by atoms with Crippen molar-refractivity contribution in [3.05, 3.63) is 24.2 Å². The summed E-state index contributed by atoms with van der Waals surface area (Å²) in [4.78, 5) is 13.8. The third kappa shape index (κ3) is 2.05. The van der Waals surface area contributed by atoms with Crippen LogP contribution in [-0.2, 0) is 4.79 Å². The molecule has 0 bridgehead atoms. The Hall–Kier alpha value is -1.29. The van der Waals surface area contributed by atoms with E-state index in [-0.39, 0.29) is 12.0 Å². The van der Waals surface area contributed by atoms with E-state index in [1.54, 1.807) is 6.26 Å². The summed E-state index contributed by atoms with van der Waals surface area (Å²) >= 11 is 0. The summed E-state index contributed by atoms with van der Waals surface area (Å²) in [6, 6.07) is 3.95. The molecular weight excluding hydrogens is 230 g/mol. The molecule has 0 amide bonds. The average molecular weight is 251 g/mol. The monoisotopic (exact) mass is 251 g/mol. The minimum Gasteiger partial charge on any atom is -0.481 e. The fourth-order valence-electron chi connectivity index (χ4n) is 2.80. The van der Waals surface area contributed by atoms with Crippen LogP contribution in [0.2, 0.25) is 0 Å². The zero-order valence-corrected chi connectivity index (χ0v) is 11.2. The van der Waals surface area contributed by atoms with Gasteiger partial charge >= 0.3 is 5.97 Å². The number of hydrogen-bond acceptors (Lipinski definition) is 3. The number of rotatable bonds is 4. The molecule has 18 heavy (non-hydrogen) atoms. The number of carboxylic acid groups (broad SMARTS) is 1. The molecule has 1 saturated heterocycles. The van der Waals surface area contributed by atoms with Crippen molar-refractivity contribution in [3.8, 4) is 0 Å². The number of nitrogens with zero attached hydrogens (tertiary/aromatic N) is 1. The molecular formula is C14H21NO3. The molecule has 1 aromatic rings. The second kappa shape index (κ2) is 4.76. The molecule has 1 aromatic heterocycles. The van der Waals surface area contributed by atoms with E-state index in [9.17, 15) is 9.90 Å². The van der Waals surface area contributed by atoms with Crippen LogP contribution in [0, 0.1) is 11.3 Å². The number of carboxylic acids is 1. The van der Waals surface area contributed by atoms with Crippen LogP contribution in [-0.4, -0.2) is 29.1 Å². The number of carbonyl (C=O) groups is 1. The van der Waals surface area contributed by atoms with E-state index in [1.807, 2.05) is 26.0 Å². The maximum atomic E-state index is 11.6. The number of aliphatic carboxylic acids is 1. The van der Waals surface area contributed by atoms with Gasteiger partial charge in [0.15, 0.2) is 0 Å². The molecule has 2 atom stereocenters. The molecule has 0 radical (unpaired) electrons. The minimum absolute atomic E-state index is 0.139. The van der Waals surface area contributed by atoms with Gasteiger partial charge in [0.2, 0.25) is 0 Å². The minimum atomic E-state index is -0.674. The van der Waals surface area contributed by atoms with E-state index in [0.29, 0.717) is 13.0 Å². The summed E-state index contributed by atoms with van der Waals surface area (Å²) in [5.41, 5.74) is -0.610. The van der Waals surface area contributed by atoms with Gasteiger partial charge in [0.05, 0.1) is 17.7 Å². The van der Waals surface area contributed by atoms with E-state index in [4.69, 9.17) is 4.42 Å². The first-order chi connectivity index (χ1) is 8.47. The Morgan fingerprint density at radius 3 is 2.67 bits per heavy atom. The van der Waals surface area contributed by atoms with Crippen LogP contribution in [0.15, 0.2) is 22.8 Å². The second-order valence-corrected chi connectivity index (χ2v) is 5.53. The third-order valence-corrected chi connectivity index (χ3v) is 4.36. The summed E-state index contributed by atoms with van der Waals surface area (Å²) in [6.45, 7) is 7.47. The highest BCUT2D eigenvalue weighted by Crippen LogP contribution is 2.41. The van der Waals surface area contributed by atoms with Gasteiger partial charge in [0.25, 0.3) is 0 Å². The molecule has 4 heteroatoms. The van der Waals surface area contributed by atoms with Crippen LogP contribution in [0.25, 0.3) is 0 Å². The lowest BCUT2D eigenvalue weighted by atomic mass is 9.76. The predicted molar refractivity (Wildman–Crippen MR) is 68.2 cm³/mol. The molecule has 1 fully saturated rings. The quantitative estimate of drug-likeness (QED) is 0.894. The van der Waals surface area contributed by atoms with Crippen LogP contribution in [0.5, 0.6) is 0 Å². The van der Waals surface area contributed by atoms with Crippen LogP contribution < -0.4 is 0 Å². The standard InChI is InChI=1S/C14H21NO3/c1-10(2)14(13(16)17)6-7-15(9-14)11(3)12-5-4-8-18-12/h4-5,8,10-11H,6-7,9H2,1-3H3,(H,16,17). The van der Waals surface area contributed by atoms with Crippen molar-refractivity contribution in [3.63, 3.8) is 0 Å². The van der Waals surface area contributed by atoms with Crippen molar-refractivity contribution in [2.24, 2.45) is 11.3 Å². The van der Waals surface area contributed by atoms with Gasteiger partial charge in [-0.2, -0.15) is 0 Å². The lowest BCUT2D eigenvalue weighted by molar-refractivity contribution is -0.151. The Balaban J connectivity index is 2.14. The fraction of sp³-hybridized carbons (Fsp3) is 0.643. The van der Waals surface area contributed by atoms with Gasteiger partial charge < -0.3 is 9.52 Å². The highest BCUT2D eigenvalue weighted by Gasteiger charge is 2.48. The van der Waals surface area contributed by atoms with E-state index < -0.39 is 11.4 Å². The fourth-order valence-corrected chi connectivity index (χ4v) is 2.80. The molecule has 1 aliphatic heterocycles. The zero-order chi connectivity index (χ0) is 13.3. The molecule has 100 valence electrons. The van der Waals surface area contributed by atoms with E-state index in [0.717, 1.165) is 12.3 Å². The molecule has 2 unspecified atom stereocenters. The molecule has 1 N–H and O–H groups in total. The Kier molecular flexibility index (Phi) is 3.48. The van der Waals surface area contributed by atoms with Gasteiger partial charge in [-0.15, -0.1) is 0 Å². The van der Waals surface area contributed by atoms with Crippen molar-refractivity contribution in [1.29, 1.82) is 0 Å². The van der Waals surface area contributed by atoms with E-state index in [1.165, 1.54) is 0 Å². The van der Waals surface area contributed by atoms with Crippen molar-refractivity contribution in [2.75, 3.05) is 13.1 Å². The van der Waals surface area contributed by atoms with Gasteiger partial charge in [-0.3, -0.25) is 9.69 Å². The molecule has 0 aromatic carbocycles. The summed E-state index contributed by atoms with van der Waals surface area (Å²) in [5.74, 6) is 0.371. The zero-order valence-electron chi connectivity index (χ0n) is 11.2. The van der Waals surface area contributed by atoms with Crippen molar-refractivity contribution in [1.82, 2.24) is 4.90 Å². The van der Waals surface area contributed by atoms with E-state index in [2.05, 4.69) is 11.8 Å². The van der Waals surface area contributed by atoms with Crippen molar-refractivity contribution < 1.29 is 14.3 Å². The first-order valence-corrected chi connectivity index (χ1v) is 6.48.